The molecule has 26 heavy (non-hydrogen) atoms. The molecule has 0 aromatic heterocycles. The molecule has 1 saturated heterocycles. The van der Waals surface area contributed by atoms with Gasteiger partial charge in [0.25, 0.3) is 0 Å². The van der Waals surface area contributed by atoms with E-state index in [1.807, 2.05) is 7.05 Å². The van der Waals surface area contributed by atoms with Crippen LogP contribution in [0.2, 0.25) is 0 Å². The minimum Gasteiger partial charge on any atom is -0.356 e. The lowest BCUT2D eigenvalue weighted by atomic mass is 10.1. The fourth-order valence-electron chi connectivity index (χ4n) is 3.23. The van der Waals surface area contributed by atoms with Crippen molar-refractivity contribution in [3.63, 3.8) is 0 Å². The van der Waals surface area contributed by atoms with Crippen molar-refractivity contribution >= 4 is 17.7 Å². The highest BCUT2D eigenvalue weighted by molar-refractivity contribution is 6.01. The Morgan fingerprint density at radius 1 is 0.808 bits per heavy atom. The number of amides is 3. The summed E-state index contributed by atoms with van der Waals surface area (Å²) in [5.74, 6) is -0.000558. The summed E-state index contributed by atoms with van der Waals surface area (Å²) in [7, 11) is 2.00. The van der Waals surface area contributed by atoms with Crippen molar-refractivity contribution in [2.75, 3.05) is 26.7 Å². The van der Waals surface area contributed by atoms with E-state index in [1.54, 1.807) is 0 Å². The molecular formula is C20H37N3O3. The van der Waals surface area contributed by atoms with Gasteiger partial charge in [-0.15, -0.1) is 0 Å². The van der Waals surface area contributed by atoms with Crippen LogP contribution in [0.1, 0.15) is 83.5 Å². The van der Waals surface area contributed by atoms with E-state index in [0.29, 0.717) is 32.4 Å². The predicted molar refractivity (Wildman–Crippen MR) is 104 cm³/mol. The van der Waals surface area contributed by atoms with E-state index in [1.165, 1.54) is 43.4 Å². The summed E-state index contributed by atoms with van der Waals surface area (Å²) in [6.07, 6.45) is 12.6. The summed E-state index contributed by atoms with van der Waals surface area (Å²) < 4.78 is 0. The van der Waals surface area contributed by atoms with Crippen LogP contribution in [-0.4, -0.2) is 49.3 Å². The number of unbranched alkanes of at least 4 members (excludes halogenated alkanes) is 8. The molecule has 0 unspecified atom stereocenters. The molecule has 0 saturated carbocycles. The Morgan fingerprint density at radius 3 is 1.96 bits per heavy atom. The molecule has 0 aromatic carbocycles. The van der Waals surface area contributed by atoms with Gasteiger partial charge in [-0.1, -0.05) is 38.5 Å². The van der Waals surface area contributed by atoms with Gasteiger partial charge in [-0.25, -0.2) is 0 Å². The van der Waals surface area contributed by atoms with Crippen LogP contribution >= 0.6 is 0 Å². The first-order chi connectivity index (χ1) is 12.6. The van der Waals surface area contributed by atoms with E-state index < -0.39 is 0 Å². The van der Waals surface area contributed by atoms with Crippen molar-refractivity contribution in [2.45, 2.75) is 83.5 Å². The molecule has 6 nitrogen and oxygen atoms in total. The Hall–Kier alpha value is -1.43. The number of nitrogens with one attached hydrogen (secondary N) is 2. The topological polar surface area (TPSA) is 78.5 Å². The van der Waals surface area contributed by atoms with Gasteiger partial charge in [0.1, 0.15) is 0 Å². The summed E-state index contributed by atoms with van der Waals surface area (Å²) in [4.78, 5) is 36.0. The summed E-state index contributed by atoms with van der Waals surface area (Å²) in [6.45, 7) is 2.23. The van der Waals surface area contributed by atoms with E-state index in [-0.39, 0.29) is 17.7 Å². The van der Waals surface area contributed by atoms with Crippen molar-refractivity contribution < 1.29 is 14.4 Å². The first-order valence-corrected chi connectivity index (χ1v) is 10.4. The molecule has 1 rings (SSSR count). The van der Waals surface area contributed by atoms with Crippen molar-refractivity contribution in [1.29, 1.82) is 0 Å². The van der Waals surface area contributed by atoms with Gasteiger partial charge in [-0.2, -0.15) is 0 Å². The quantitative estimate of drug-likeness (QED) is 0.325. The Kier molecular flexibility index (Phi) is 12.8. The van der Waals surface area contributed by atoms with Gasteiger partial charge in [0.2, 0.25) is 17.7 Å². The van der Waals surface area contributed by atoms with Gasteiger partial charge < -0.3 is 10.6 Å². The molecule has 1 aliphatic heterocycles. The van der Waals surface area contributed by atoms with Crippen LogP contribution in [-0.2, 0) is 14.4 Å². The number of hydrogen-bond donors (Lipinski definition) is 2. The number of likely N-dealkylation sites (tertiary alicyclic amines) is 1. The number of nitrogens with zero attached hydrogens (tertiary/aromatic N) is 1. The number of carbonyl (C=O) groups excluding carboxylic acids is 3. The summed E-state index contributed by atoms with van der Waals surface area (Å²) in [5, 5.41) is 6.10. The van der Waals surface area contributed by atoms with Gasteiger partial charge in [-0.05, 0) is 39.3 Å². The number of rotatable bonds is 16. The largest absolute Gasteiger partial charge is 0.356 e. The smallest absolute Gasteiger partial charge is 0.229 e. The molecule has 2 N–H and O–H groups in total. The third-order valence-electron chi connectivity index (χ3n) is 4.87. The second-order valence-corrected chi connectivity index (χ2v) is 7.18. The molecule has 1 fully saturated rings. The average molecular weight is 368 g/mol. The van der Waals surface area contributed by atoms with Crippen molar-refractivity contribution in [3.05, 3.63) is 0 Å². The molecule has 150 valence electrons. The van der Waals surface area contributed by atoms with Gasteiger partial charge in [-0.3, -0.25) is 19.3 Å². The zero-order chi connectivity index (χ0) is 19.0. The lowest BCUT2D eigenvalue weighted by Gasteiger charge is -2.13. The number of carbonyl (C=O) groups is 3. The zero-order valence-electron chi connectivity index (χ0n) is 16.5. The minimum absolute atomic E-state index is 0.0583. The van der Waals surface area contributed by atoms with Crippen LogP contribution in [0.5, 0.6) is 0 Å². The number of hydrogen-bond acceptors (Lipinski definition) is 4. The molecule has 6 heteroatoms. The highest BCUT2D eigenvalue weighted by atomic mass is 16.2. The Balaban J connectivity index is 1.84. The van der Waals surface area contributed by atoms with E-state index in [4.69, 9.17) is 0 Å². The molecule has 0 aliphatic carbocycles. The summed E-state index contributed by atoms with van der Waals surface area (Å²) in [6, 6.07) is 0. The van der Waals surface area contributed by atoms with Crippen LogP contribution in [0.25, 0.3) is 0 Å². The average Bonchev–Trinajstić information content (AvgIpc) is 2.94. The maximum absolute atomic E-state index is 11.8. The third kappa shape index (κ3) is 10.5. The minimum atomic E-state index is -0.0583. The molecule has 0 spiro atoms. The van der Waals surface area contributed by atoms with Crippen LogP contribution in [0.4, 0.5) is 0 Å². The third-order valence-corrected chi connectivity index (χ3v) is 4.87. The molecular weight excluding hydrogens is 330 g/mol. The standard InChI is InChI=1S/C20H37N3O3/c1-21-15-9-7-5-3-2-4-6-8-12-18(24)22-16-10-11-17-23-19(25)13-14-20(23)26/h21H,2-17H2,1H3,(H,22,24). The fraction of sp³-hybridized carbons (Fsp3) is 0.850. The van der Waals surface area contributed by atoms with Crippen molar-refractivity contribution in [2.24, 2.45) is 0 Å². The summed E-state index contributed by atoms with van der Waals surface area (Å²) >= 11 is 0. The SMILES string of the molecule is CNCCCCCCCCCCC(=O)NCCCCN1C(=O)CCC1=O. The van der Waals surface area contributed by atoms with E-state index >= 15 is 0 Å². The van der Waals surface area contributed by atoms with Crippen LogP contribution < -0.4 is 10.6 Å². The first kappa shape index (κ1) is 22.6. The highest BCUT2D eigenvalue weighted by Crippen LogP contribution is 2.12. The molecule has 1 heterocycles. The molecule has 1 aliphatic rings. The second kappa shape index (κ2) is 14.7. The Morgan fingerprint density at radius 2 is 1.35 bits per heavy atom. The maximum Gasteiger partial charge on any atom is 0.229 e. The fourth-order valence-corrected chi connectivity index (χ4v) is 3.23. The lowest BCUT2D eigenvalue weighted by molar-refractivity contribution is -0.138. The Labute approximate surface area is 158 Å². The van der Waals surface area contributed by atoms with Crippen molar-refractivity contribution in [3.8, 4) is 0 Å². The molecule has 3 amide bonds. The first-order valence-electron chi connectivity index (χ1n) is 10.4. The van der Waals surface area contributed by atoms with E-state index in [2.05, 4.69) is 10.6 Å². The molecule has 0 aromatic rings. The van der Waals surface area contributed by atoms with Gasteiger partial charge >= 0.3 is 0 Å². The molecule has 0 radical (unpaired) electrons. The number of imide groups is 1. The monoisotopic (exact) mass is 367 g/mol. The van der Waals surface area contributed by atoms with E-state index in [9.17, 15) is 14.4 Å². The predicted octanol–water partition coefficient (Wildman–Crippen LogP) is 2.76. The zero-order valence-corrected chi connectivity index (χ0v) is 16.5. The van der Waals surface area contributed by atoms with Crippen molar-refractivity contribution in [1.82, 2.24) is 15.5 Å². The Bertz CT molecular complexity index is 411. The van der Waals surface area contributed by atoms with Crippen LogP contribution in [0.3, 0.4) is 0 Å². The summed E-state index contributed by atoms with van der Waals surface area (Å²) in [5.41, 5.74) is 0. The maximum atomic E-state index is 11.8. The van der Waals surface area contributed by atoms with Gasteiger partial charge in [0, 0.05) is 32.4 Å². The van der Waals surface area contributed by atoms with Gasteiger partial charge in [0.15, 0.2) is 0 Å². The highest BCUT2D eigenvalue weighted by Gasteiger charge is 2.27. The second-order valence-electron chi connectivity index (χ2n) is 7.18. The molecule has 0 atom stereocenters. The van der Waals surface area contributed by atoms with Crippen LogP contribution in [0, 0.1) is 0 Å². The normalized spacial score (nSPS) is 14.3. The van der Waals surface area contributed by atoms with E-state index in [0.717, 1.165) is 32.2 Å². The lowest BCUT2D eigenvalue weighted by Crippen LogP contribution is -2.31. The van der Waals surface area contributed by atoms with Gasteiger partial charge in [0.05, 0.1) is 0 Å². The van der Waals surface area contributed by atoms with Crippen LogP contribution in [0.15, 0.2) is 0 Å². The molecule has 0 bridgehead atoms.